The monoisotopic (exact) mass is 463 g/mol. The average molecular weight is 464 g/mol. The maximum absolute atomic E-state index is 4.98. The molecular weight excluding hydrogens is 442 g/mol. The zero-order chi connectivity index (χ0) is 24.0. The van der Waals surface area contributed by atoms with Crippen LogP contribution in [0.5, 0.6) is 0 Å². The lowest BCUT2D eigenvalue weighted by Gasteiger charge is -2.10. The number of pyridine rings is 3. The summed E-state index contributed by atoms with van der Waals surface area (Å²) < 4.78 is 2.09. The summed E-state index contributed by atoms with van der Waals surface area (Å²) in [7, 11) is 0. The number of benzene rings is 3. The molecule has 170 valence electrons. The van der Waals surface area contributed by atoms with Crippen LogP contribution in [-0.2, 0) is 0 Å². The first-order valence-electron chi connectivity index (χ1n) is 12.1. The van der Waals surface area contributed by atoms with Crippen molar-refractivity contribution in [2.24, 2.45) is 0 Å². The van der Waals surface area contributed by atoms with E-state index in [4.69, 9.17) is 9.97 Å². The van der Waals surface area contributed by atoms with E-state index in [9.17, 15) is 0 Å². The van der Waals surface area contributed by atoms with Gasteiger partial charge in [0.2, 0.25) is 0 Å². The second kappa shape index (κ2) is 6.89. The van der Waals surface area contributed by atoms with Crippen LogP contribution in [0.15, 0.2) is 85.2 Å². The summed E-state index contributed by atoms with van der Waals surface area (Å²) in [5, 5.41) is 5.75. The highest BCUT2D eigenvalue weighted by Crippen LogP contribution is 2.39. The fourth-order valence-electron chi connectivity index (χ4n) is 5.82. The minimum atomic E-state index is 0.827. The van der Waals surface area contributed by atoms with Crippen LogP contribution in [0.3, 0.4) is 0 Å². The van der Waals surface area contributed by atoms with Crippen molar-refractivity contribution in [1.29, 1.82) is 0 Å². The van der Waals surface area contributed by atoms with Crippen LogP contribution in [0, 0.1) is 13.8 Å². The molecule has 8 rings (SSSR count). The maximum Gasteiger partial charge on any atom is 0.166 e. The van der Waals surface area contributed by atoms with E-state index in [1.165, 1.54) is 33.0 Å². The number of nitrogens with one attached hydrogen (secondary N) is 1. The molecule has 5 heterocycles. The Kier molecular flexibility index (Phi) is 3.74. The summed E-state index contributed by atoms with van der Waals surface area (Å²) in [5.74, 6) is 0. The highest BCUT2D eigenvalue weighted by molar-refractivity contribution is 6.26. The Morgan fingerprint density at radius 3 is 2.31 bits per heavy atom. The second-order valence-corrected chi connectivity index (χ2v) is 9.55. The average Bonchev–Trinajstić information content (AvgIpc) is 3.47. The van der Waals surface area contributed by atoms with Crippen LogP contribution in [0.2, 0.25) is 0 Å². The number of nitrogens with zero attached hydrogens (tertiary/aromatic N) is 4. The molecule has 0 fully saturated rings. The molecule has 1 N–H and O–H groups in total. The molecule has 0 aliphatic carbocycles. The third-order valence-electron chi connectivity index (χ3n) is 7.48. The smallest absolute Gasteiger partial charge is 0.166 e. The third-order valence-corrected chi connectivity index (χ3v) is 7.48. The first kappa shape index (κ1) is 19.5. The molecule has 0 saturated carbocycles. The standard InChI is InChI=1S/C31H21N5/c1-17-7-3-4-8-19(17)23-16-26-24(15-18(23)2)20-11-12-22-27(28(20)34-26)21-9-5-13-32-29(21)36-30(22)35-25-10-6-14-33-31(25)36/h3-16,34H,1-2H3. The summed E-state index contributed by atoms with van der Waals surface area (Å²) in [6.07, 6.45) is 3.65. The Balaban J connectivity index is 1.55. The molecule has 0 radical (unpaired) electrons. The van der Waals surface area contributed by atoms with Gasteiger partial charge in [-0.15, -0.1) is 0 Å². The minimum absolute atomic E-state index is 0.827. The number of imidazole rings is 1. The third kappa shape index (κ3) is 2.46. The van der Waals surface area contributed by atoms with E-state index < -0.39 is 0 Å². The number of H-pyrrole nitrogens is 1. The predicted octanol–water partition coefficient (Wildman–Crippen LogP) is 7.50. The SMILES string of the molecule is Cc1ccccc1-c1cc2[nH]c3c(ccc4c3c3cccnc3n3c5ncccc5nc43)c2cc1C. The van der Waals surface area contributed by atoms with Gasteiger partial charge in [0.05, 0.1) is 5.52 Å². The number of aromatic amines is 1. The lowest BCUT2D eigenvalue weighted by molar-refractivity contribution is 1.20. The first-order valence-corrected chi connectivity index (χ1v) is 12.1. The molecule has 36 heavy (non-hydrogen) atoms. The molecule has 0 aliphatic heterocycles. The van der Waals surface area contributed by atoms with Crippen molar-refractivity contribution < 1.29 is 0 Å². The van der Waals surface area contributed by atoms with Gasteiger partial charge in [-0.3, -0.25) is 4.40 Å². The molecule has 0 atom stereocenters. The zero-order valence-corrected chi connectivity index (χ0v) is 19.9. The molecule has 0 aliphatic rings. The maximum atomic E-state index is 4.98. The molecule has 0 unspecified atom stereocenters. The molecule has 8 aromatic rings. The van der Waals surface area contributed by atoms with Gasteiger partial charge in [0.15, 0.2) is 5.65 Å². The van der Waals surface area contributed by atoms with Crippen molar-refractivity contribution in [3.63, 3.8) is 0 Å². The van der Waals surface area contributed by atoms with E-state index in [0.717, 1.165) is 49.7 Å². The van der Waals surface area contributed by atoms with Crippen molar-refractivity contribution in [2.75, 3.05) is 0 Å². The molecular formula is C31H21N5. The van der Waals surface area contributed by atoms with Crippen LogP contribution in [0.1, 0.15) is 11.1 Å². The Labute approximate surface area is 206 Å². The van der Waals surface area contributed by atoms with Crippen LogP contribution in [-0.4, -0.2) is 24.3 Å². The van der Waals surface area contributed by atoms with Gasteiger partial charge in [-0.05, 0) is 78.6 Å². The van der Waals surface area contributed by atoms with E-state index in [1.54, 1.807) is 0 Å². The van der Waals surface area contributed by atoms with Crippen molar-refractivity contribution in [3.05, 3.63) is 96.3 Å². The molecule has 0 amide bonds. The fourth-order valence-corrected chi connectivity index (χ4v) is 5.82. The number of rotatable bonds is 1. The molecule has 3 aromatic carbocycles. The molecule has 5 aromatic heterocycles. The Hall–Kier alpha value is -4.77. The lowest BCUT2D eigenvalue weighted by Crippen LogP contribution is -1.95. The quantitative estimate of drug-likeness (QED) is 0.256. The van der Waals surface area contributed by atoms with Gasteiger partial charge in [-0.25, -0.2) is 15.0 Å². The van der Waals surface area contributed by atoms with Crippen molar-refractivity contribution in [2.45, 2.75) is 13.8 Å². The van der Waals surface area contributed by atoms with Gasteiger partial charge in [-0.1, -0.05) is 30.3 Å². The van der Waals surface area contributed by atoms with Crippen molar-refractivity contribution in [3.8, 4) is 11.1 Å². The predicted molar refractivity (Wildman–Crippen MR) is 148 cm³/mol. The van der Waals surface area contributed by atoms with E-state index in [0.29, 0.717) is 0 Å². The van der Waals surface area contributed by atoms with Gasteiger partial charge in [0.1, 0.15) is 16.8 Å². The summed E-state index contributed by atoms with van der Waals surface area (Å²) in [6, 6.07) is 25.7. The Morgan fingerprint density at radius 1 is 0.639 bits per heavy atom. The van der Waals surface area contributed by atoms with Gasteiger partial charge < -0.3 is 4.98 Å². The molecule has 0 saturated heterocycles. The van der Waals surface area contributed by atoms with E-state index in [1.807, 2.05) is 30.6 Å². The largest absolute Gasteiger partial charge is 0.354 e. The van der Waals surface area contributed by atoms with Crippen molar-refractivity contribution in [1.82, 2.24) is 24.3 Å². The summed E-state index contributed by atoms with van der Waals surface area (Å²) in [6.45, 7) is 4.37. The summed E-state index contributed by atoms with van der Waals surface area (Å²) in [4.78, 5) is 18.2. The van der Waals surface area contributed by atoms with Gasteiger partial charge in [-0.2, -0.15) is 0 Å². The first-order chi connectivity index (χ1) is 17.7. The molecule has 0 spiro atoms. The van der Waals surface area contributed by atoms with E-state index in [2.05, 4.69) is 82.8 Å². The Bertz CT molecular complexity index is 2180. The molecule has 5 heteroatoms. The van der Waals surface area contributed by atoms with Crippen LogP contribution >= 0.6 is 0 Å². The summed E-state index contributed by atoms with van der Waals surface area (Å²) >= 11 is 0. The van der Waals surface area contributed by atoms with E-state index >= 15 is 0 Å². The number of fused-ring (bicyclic) bond motifs is 12. The van der Waals surface area contributed by atoms with E-state index in [-0.39, 0.29) is 0 Å². The van der Waals surface area contributed by atoms with Gasteiger partial charge in [0, 0.05) is 44.8 Å². The minimum Gasteiger partial charge on any atom is -0.354 e. The van der Waals surface area contributed by atoms with Crippen LogP contribution in [0.25, 0.3) is 71.5 Å². The highest BCUT2D eigenvalue weighted by Gasteiger charge is 2.19. The number of aromatic nitrogens is 5. The second-order valence-electron chi connectivity index (χ2n) is 9.55. The van der Waals surface area contributed by atoms with Gasteiger partial charge in [0.25, 0.3) is 0 Å². The van der Waals surface area contributed by atoms with Gasteiger partial charge >= 0.3 is 0 Å². The lowest BCUT2D eigenvalue weighted by atomic mass is 9.95. The molecule has 0 bridgehead atoms. The molecule has 5 nitrogen and oxygen atoms in total. The van der Waals surface area contributed by atoms with Crippen LogP contribution < -0.4 is 0 Å². The number of hydrogen-bond donors (Lipinski definition) is 1. The fraction of sp³-hybridized carbons (Fsp3) is 0.0645. The van der Waals surface area contributed by atoms with Crippen LogP contribution in [0.4, 0.5) is 0 Å². The number of hydrogen-bond acceptors (Lipinski definition) is 3. The topological polar surface area (TPSA) is 58.9 Å². The normalized spacial score (nSPS) is 12.2. The number of aryl methyl sites for hydroxylation is 2. The Morgan fingerprint density at radius 2 is 1.42 bits per heavy atom. The summed E-state index contributed by atoms with van der Waals surface area (Å²) in [5.41, 5.74) is 10.8. The highest BCUT2D eigenvalue weighted by atomic mass is 15.1. The van der Waals surface area contributed by atoms with Crippen molar-refractivity contribution >= 4 is 60.4 Å². The zero-order valence-electron chi connectivity index (χ0n) is 19.9.